The lowest BCUT2D eigenvalue weighted by Gasteiger charge is -2.24. The van der Waals surface area contributed by atoms with E-state index in [1.807, 2.05) is 0 Å². The molecule has 0 aliphatic carbocycles. The molecule has 0 aromatic heterocycles. The summed E-state index contributed by atoms with van der Waals surface area (Å²) in [6.07, 6.45) is 5.02. The summed E-state index contributed by atoms with van der Waals surface area (Å²) >= 11 is 0. The zero-order valence-electron chi connectivity index (χ0n) is 12.4. The van der Waals surface area contributed by atoms with Gasteiger partial charge in [-0.05, 0) is 43.4 Å². The summed E-state index contributed by atoms with van der Waals surface area (Å²) in [5, 5.41) is 9.06. The summed E-state index contributed by atoms with van der Waals surface area (Å²) in [6.45, 7) is 10.2. The van der Waals surface area contributed by atoms with Crippen molar-refractivity contribution in [2.45, 2.75) is 46.0 Å². The number of allylic oxidation sites excluding steroid dienone is 1. The van der Waals surface area contributed by atoms with Gasteiger partial charge in [0.25, 0.3) is 0 Å². The van der Waals surface area contributed by atoms with Gasteiger partial charge in [-0.3, -0.25) is 0 Å². The van der Waals surface area contributed by atoms with Crippen LogP contribution < -0.4 is 4.90 Å². The zero-order chi connectivity index (χ0) is 14.1. The predicted octanol–water partition coefficient (Wildman–Crippen LogP) is 4.71. The number of aliphatic hydroxyl groups is 1. The Kier molecular flexibility index (Phi) is 7.09. The van der Waals surface area contributed by atoms with E-state index in [1.165, 1.54) is 24.1 Å². The van der Waals surface area contributed by atoms with E-state index in [0.717, 1.165) is 25.9 Å². The van der Waals surface area contributed by atoms with Crippen LogP contribution in [0.3, 0.4) is 0 Å². The van der Waals surface area contributed by atoms with Crippen molar-refractivity contribution in [3.8, 4) is 0 Å². The lowest BCUT2D eigenvalue weighted by molar-refractivity contribution is 0.387. The van der Waals surface area contributed by atoms with E-state index >= 15 is 0 Å². The molecule has 0 radical (unpaired) electrons. The van der Waals surface area contributed by atoms with E-state index in [2.05, 4.69) is 49.6 Å². The molecule has 106 valence electrons. The van der Waals surface area contributed by atoms with Crippen LogP contribution in [-0.4, -0.2) is 18.2 Å². The van der Waals surface area contributed by atoms with Crippen LogP contribution >= 0.6 is 0 Å². The lowest BCUT2D eigenvalue weighted by atomic mass is 10.1. The van der Waals surface area contributed by atoms with Gasteiger partial charge in [-0.2, -0.15) is 0 Å². The molecular formula is C17H27NO. The minimum Gasteiger partial charge on any atom is -0.513 e. The molecule has 1 aromatic rings. The smallest absolute Gasteiger partial charge is 0.0851 e. The highest BCUT2D eigenvalue weighted by atomic mass is 16.3. The molecule has 0 saturated heterocycles. The third-order valence-corrected chi connectivity index (χ3v) is 3.22. The molecule has 0 unspecified atom stereocenters. The molecule has 0 amide bonds. The minimum atomic E-state index is 0.286. The van der Waals surface area contributed by atoms with E-state index in [0.29, 0.717) is 6.42 Å². The number of anilines is 1. The molecule has 0 saturated carbocycles. The average molecular weight is 261 g/mol. The van der Waals surface area contributed by atoms with Crippen molar-refractivity contribution in [1.82, 2.24) is 0 Å². The summed E-state index contributed by atoms with van der Waals surface area (Å²) in [6, 6.07) is 8.84. The van der Waals surface area contributed by atoms with Crippen LogP contribution in [0.2, 0.25) is 0 Å². The van der Waals surface area contributed by atoms with Gasteiger partial charge < -0.3 is 10.0 Å². The molecule has 0 atom stereocenters. The molecule has 0 spiro atoms. The average Bonchev–Trinajstić information content (AvgIpc) is 2.39. The van der Waals surface area contributed by atoms with Crippen molar-refractivity contribution in [1.29, 1.82) is 0 Å². The predicted molar refractivity (Wildman–Crippen MR) is 83.9 cm³/mol. The van der Waals surface area contributed by atoms with Gasteiger partial charge in [0.05, 0.1) is 5.76 Å². The molecule has 0 fully saturated rings. The van der Waals surface area contributed by atoms with Crippen molar-refractivity contribution in [3.05, 3.63) is 42.2 Å². The van der Waals surface area contributed by atoms with Crippen LogP contribution in [-0.2, 0) is 6.42 Å². The van der Waals surface area contributed by atoms with Crippen LogP contribution in [0.5, 0.6) is 0 Å². The van der Waals surface area contributed by atoms with E-state index in [9.17, 15) is 0 Å². The number of rotatable bonds is 9. The van der Waals surface area contributed by atoms with Gasteiger partial charge in [-0.1, -0.05) is 32.6 Å². The quantitative estimate of drug-likeness (QED) is 0.651. The van der Waals surface area contributed by atoms with Gasteiger partial charge in [-0.25, -0.2) is 0 Å². The Morgan fingerprint density at radius 1 is 1.11 bits per heavy atom. The van der Waals surface area contributed by atoms with E-state index in [4.69, 9.17) is 5.11 Å². The molecular weight excluding hydrogens is 234 g/mol. The van der Waals surface area contributed by atoms with E-state index in [-0.39, 0.29) is 5.76 Å². The Bertz CT molecular complexity index is 363. The topological polar surface area (TPSA) is 23.5 Å². The first-order valence-electron chi connectivity index (χ1n) is 7.38. The van der Waals surface area contributed by atoms with Crippen LogP contribution in [0.25, 0.3) is 0 Å². The van der Waals surface area contributed by atoms with Gasteiger partial charge in [0.2, 0.25) is 0 Å². The summed E-state index contributed by atoms with van der Waals surface area (Å²) in [5.41, 5.74) is 2.65. The minimum absolute atomic E-state index is 0.286. The molecule has 2 heteroatoms. The molecule has 1 aromatic carbocycles. The second-order valence-corrected chi connectivity index (χ2v) is 5.07. The van der Waals surface area contributed by atoms with Crippen LogP contribution in [0.4, 0.5) is 5.69 Å². The van der Waals surface area contributed by atoms with E-state index in [1.54, 1.807) is 0 Å². The Balaban J connectivity index is 2.55. The fourth-order valence-electron chi connectivity index (χ4n) is 2.28. The first kappa shape index (κ1) is 15.6. The Morgan fingerprint density at radius 2 is 1.68 bits per heavy atom. The first-order valence-corrected chi connectivity index (χ1v) is 7.38. The molecule has 0 bridgehead atoms. The maximum Gasteiger partial charge on any atom is 0.0851 e. The number of aliphatic hydroxyl groups excluding tert-OH is 1. The van der Waals surface area contributed by atoms with Gasteiger partial charge in [0, 0.05) is 25.2 Å². The lowest BCUT2D eigenvalue weighted by Crippen LogP contribution is -2.24. The largest absolute Gasteiger partial charge is 0.513 e. The number of nitrogens with zero attached hydrogens (tertiary/aromatic N) is 1. The summed E-state index contributed by atoms with van der Waals surface area (Å²) in [4.78, 5) is 2.44. The van der Waals surface area contributed by atoms with Crippen LogP contribution in [0.1, 0.15) is 45.1 Å². The summed E-state index contributed by atoms with van der Waals surface area (Å²) in [5.74, 6) is 0.286. The van der Waals surface area contributed by atoms with Crippen molar-refractivity contribution in [2.24, 2.45) is 0 Å². The third-order valence-electron chi connectivity index (χ3n) is 3.22. The number of hydrogen-bond donors (Lipinski definition) is 1. The van der Waals surface area contributed by atoms with Crippen molar-refractivity contribution in [2.75, 3.05) is 18.0 Å². The van der Waals surface area contributed by atoms with Crippen LogP contribution in [0, 0.1) is 0 Å². The standard InChI is InChI=1S/C17H27NO/c1-4-13-18(14-5-2)17-11-9-16(10-12-17)8-6-7-15(3)19/h9-12,19H,3-8,13-14H2,1-2H3. The third kappa shape index (κ3) is 5.82. The van der Waals surface area contributed by atoms with E-state index < -0.39 is 0 Å². The highest BCUT2D eigenvalue weighted by Crippen LogP contribution is 2.17. The molecule has 0 aliphatic heterocycles. The van der Waals surface area contributed by atoms with Gasteiger partial charge >= 0.3 is 0 Å². The second kappa shape index (κ2) is 8.63. The fourth-order valence-corrected chi connectivity index (χ4v) is 2.28. The Morgan fingerprint density at radius 3 is 2.16 bits per heavy atom. The van der Waals surface area contributed by atoms with Gasteiger partial charge in [0.15, 0.2) is 0 Å². The number of aryl methyl sites for hydroxylation is 1. The van der Waals surface area contributed by atoms with Crippen molar-refractivity contribution in [3.63, 3.8) is 0 Å². The maximum absolute atomic E-state index is 9.06. The summed E-state index contributed by atoms with van der Waals surface area (Å²) < 4.78 is 0. The van der Waals surface area contributed by atoms with Crippen molar-refractivity contribution >= 4 is 5.69 Å². The monoisotopic (exact) mass is 261 g/mol. The molecule has 0 aliphatic rings. The maximum atomic E-state index is 9.06. The van der Waals surface area contributed by atoms with Gasteiger partial charge in [-0.15, -0.1) is 0 Å². The summed E-state index contributed by atoms with van der Waals surface area (Å²) in [7, 11) is 0. The first-order chi connectivity index (χ1) is 9.17. The highest BCUT2D eigenvalue weighted by molar-refractivity contribution is 5.47. The van der Waals surface area contributed by atoms with Crippen molar-refractivity contribution < 1.29 is 5.11 Å². The molecule has 2 nitrogen and oxygen atoms in total. The molecule has 1 rings (SSSR count). The highest BCUT2D eigenvalue weighted by Gasteiger charge is 2.04. The zero-order valence-corrected chi connectivity index (χ0v) is 12.4. The Labute approximate surface area is 117 Å². The number of benzene rings is 1. The fraction of sp³-hybridized carbons (Fsp3) is 0.529. The normalized spacial score (nSPS) is 10.4. The second-order valence-electron chi connectivity index (χ2n) is 5.07. The van der Waals surface area contributed by atoms with Gasteiger partial charge in [0.1, 0.15) is 0 Å². The van der Waals surface area contributed by atoms with Crippen LogP contribution in [0.15, 0.2) is 36.6 Å². The molecule has 1 N–H and O–H groups in total. The SMILES string of the molecule is C=C(O)CCCc1ccc(N(CCC)CCC)cc1. The molecule has 0 heterocycles. The Hall–Kier alpha value is -1.44. The molecule has 19 heavy (non-hydrogen) atoms. The number of hydrogen-bond acceptors (Lipinski definition) is 2.